The standard InChI is InChI=1S/C13H20N2OS/c1-8-5-4-6-9(2)15(8)13(16)12-7-11(14)10(3)17-12/h7-9H,4-6,14H2,1-3H3. The molecule has 0 aromatic carbocycles. The topological polar surface area (TPSA) is 46.3 Å². The highest BCUT2D eigenvalue weighted by molar-refractivity contribution is 7.14. The zero-order valence-electron chi connectivity index (χ0n) is 10.7. The van der Waals surface area contributed by atoms with E-state index in [2.05, 4.69) is 13.8 Å². The number of carbonyl (C=O) groups excluding carboxylic acids is 1. The number of anilines is 1. The van der Waals surface area contributed by atoms with E-state index in [0.29, 0.717) is 12.1 Å². The summed E-state index contributed by atoms with van der Waals surface area (Å²) in [5, 5.41) is 0. The molecule has 1 saturated heterocycles. The Kier molecular flexibility index (Phi) is 3.43. The van der Waals surface area contributed by atoms with Crippen LogP contribution in [0.4, 0.5) is 5.69 Å². The lowest BCUT2D eigenvalue weighted by molar-refractivity contribution is 0.0516. The molecule has 2 unspecified atom stereocenters. The maximum Gasteiger partial charge on any atom is 0.264 e. The number of aryl methyl sites for hydroxylation is 1. The van der Waals surface area contributed by atoms with E-state index in [0.717, 1.165) is 28.3 Å². The Labute approximate surface area is 107 Å². The number of thiophene rings is 1. The lowest BCUT2D eigenvalue weighted by atomic mass is 9.97. The van der Waals surface area contributed by atoms with Crippen molar-refractivity contribution in [2.45, 2.75) is 52.1 Å². The Bertz CT molecular complexity index is 398. The first-order valence-corrected chi connectivity index (χ1v) is 7.01. The van der Waals surface area contributed by atoms with E-state index in [1.54, 1.807) is 0 Å². The van der Waals surface area contributed by atoms with Crippen molar-refractivity contribution in [1.29, 1.82) is 0 Å². The number of carbonyl (C=O) groups is 1. The molecular weight excluding hydrogens is 232 g/mol. The van der Waals surface area contributed by atoms with E-state index >= 15 is 0 Å². The Morgan fingerprint density at radius 1 is 1.41 bits per heavy atom. The summed E-state index contributed by atoms with van der Waals surface area (Å²) in [7, 11) is 0. The van der Waals surface area contributed by atoms with Gasteiger partial charge in [-0.05, 0) is 46.1 Å². The maximum absolute atomic E-state index is 12.5. The zero-order valence-corrected chi connectivity index (χ0v) is 11.5. The van der Waals surface area contributed by atoms with E-state index < -0.39 is 0 Å². The molecule has 1 aromatic heterocycles. The number of nitrogen functional groups attached to an aromatic ring is 1. The van der Waals surface area contributed by atoms with Crippen molar-refractivity contribution in [2.75, 3.05) is 5.73 Å². The third-order valence-electron chi connectivity index (χ3n) is 3.59. The molecule has 0 saturated carbocycles. The number of nitrogens with two attached hydrogens (primary N) is 1. The second kappa shape index (κ2) is 4.69. The summed E-state index contributed by atoms with van der Waals surface area (Å²) >= 11 is 1.50. The molecule has 1 aliphatic rings. The number of likely N-dealkylation sites (tertiary alicyclic amines) is 1. The summed E-state index contributed by atoms with van der Waals surface area (Å²) in [5.74, 6) is 0.148. The van der Waals surface area contributed by atoms with E-state index in [9.17, 15) is 4.79 Å². The highest BCUT2D eigenvalue weighted by atomic mass is 32.1. The zero-order chi connectivity index (χ0) is 12.6. The molecule has 0 aliphatic carbocycles. The van der Waals surface area contributed by atoms with Crippen LogP contribution in [0.25, 0.3) is 0 Å². The number of amides is 1. The number of hydrogen-bond acceptors (Lipinski definition) is 3. The molecule has 4 heteroatoms. The monoisotopic (exact) mass is 252 g/mol. The number of nitrogens with zero attached hydrogens (tertiary/aromatic N) is 1. The molecule has 1 aromatic rings. The average Bonchev–Trinajstić information content (AvgIpc) is 2.59. The first kappa shape index (κ1) is 12.4. The minimum Gasteiger partial charge on any atom is -0.398 e. The van der Waals surface area contributed by atoms with Crippen LogP contribution in [0.2, 0.25) is 0 Å². The SMILES string of the molecule is Cc1sc(C(=O)N2C(C)CCCC2C)cc1N. The molecule has 17 heavy (non-hydrogen) atoms. The molecule has 1 aliphatic heterocycles. The van der Waals surface area contributed by atoms with Crippen LogP contribution >= 0.6 is 11.3 Å². The molecule has 0 bridgehead atoms. The van der Waals surface area contributed by atoms with Crippen LogP contribution in [0.15, 0.2) is 6.07 Å². The molecule has 3 nitrogen and oxygen atoms in total. The van der Waals surface area contributed by atoms with Gasteiger partial charge < -0.3 is 10.6 Å². The van der Waals surface area contributed by atoms with Crippen molar-refractivity contribution >= 4 is 22.9 Å². The first-order valence-electron chi connectivity index (χ1n) is 6.19. The molecule has 0 radical (unpaired) electrons. The third kappa shape index (κ3) is 2.32. The highest BCUT2D eigenvalue weighted by Crippen LogP contribution is 2.29. The van der Waals surface area contributed by atoms with E-state index in [-0.39, 0.29) is 5.91 Å². The minimum atomic E-state index is 0.148. The quantitative estimate of drug-likeness (QED) is 0.835. The second-order valence-corrected chi connectivity index (χ2v) is 6.22. The summed E-state index contributed by atoms with van der Waals surface area (Å²) < 4.78 is 0. The van der Waals surface area contributed by atoms with Gasteiger partial charge in [-0.15, -0.1) is 11.3 Å². The molecule has 2 rings (SSSR count). The van der Waals surface area contributed by atoms with Gasteiger partial charge in [-0.3, -0.25) is 4.79 Å². The van der Waals surface area contributed by atoms with Crippen LogP contribution < -0.4 is 5.73 Å². The van der Waals surface area contributed by atoms with Gasteiger partial charge in [0.15, 0.2) is 0 Å². The normalized spacial score (nSPS) is 25.0. The lowest BCUT2D eigenvalue weighted by Crippen LogP contribution is -2.47. The van der Waals surface area contributed by atoms with Crippen molar-refractivity contribution < 1.29 is 4.79 Å². The average molecular weight is 252 g/mol. The summed E-state index contributed by atoms with van der Waals surface area (Å²) in [5.41, 5.74) is 6.55. The fourth-order valence-electron chi connectivity index (χ4n) is 2.55. The fourth-order valence-corrected chi connectivity index (χ4v) is 3.44. The van der Waals surface area contributed by atoms with Crippen molar-refractivity contribution in [3.8, 4) is 0 Å². The minimum absolute atomic E-state index is 0.148. The Hall–Kier alpha value is -1.03. The van der Waals surface area contributed by atoms with E-state index in [4.69, 9.17) is 5.73 Å². The van der Waals surface area contributed by atoms with Crippen molar-refractivity contribution in [1.82, 2.24) is 4.90 Å². The van der Waals surface area contributed by atoms with Crippen LogP contribution in [0, 0.1) is 6.92 Å². The smallest absolute Gasteiger partial charge is 0.264 e. The number of piperidine rings is 1. The van der Waals surface area contributed by atoms with Crippen molar-refractivity contribution in [2.24, 2.45) is 0 Å². The number of hydrogen-bond donors (Lipinski definition) is 1. The molecule has 2 heterocycles. The van der Waals surface area contributed by atoms with Crippen molar-refractivity contribution in [3.05, 3.63) is 15.8 Å². The van der Waals surface area contributed by atoms with E-state index in [1.165, 1.54) is 17.8 Å². The van der Waals surface area contributed by atoms with Crippen LogP contribution in [-0.2, 0) is 0 Å². The van der Waals surface area contributed by atoms with E-state index in [1.807, 2.05) is 17.9 Å². The Balaban J connectivity index is 2.23. The summed E-state index contributed by atoms with van der Waals surface area (Å²) in [6, 6.07) is 2.50. The first-order chi connectivity index (χ1) is 8.00. The Morgan fingerprint density at radius 3 is 2.47 bits per heavy atom. The van der Waals surface area contributed by atoms with Gasteiger partial charge in [0.25, 0.3) is 5.91 Å². The van der Waals surface area contributed by atoms with Gasteiger partial charge in [-0.1, -0.05) is 0 Å². The fraction of sp³-hybridized carbons (Fsp3) is 0.615. The molecule has 0 spiro atoms. The Morgan fingerprint density at radius 2 is 2.00 bits per heavy atom. The maximum atomic E-state index is 12.5. The van der Waals surface area contributed by atoms with Gasteiger partial charge in [0, 0.05) is 22.6 Å². The second-order valence-electron chi connectivity index (χ2n) is 4.96. The molecule has 94 valence electrons. The van der Waals surface area contributed by atoms with Crippen LogP contribution in [-0.4, -0.2) is 22.9 Å². The molecule has 1 amide bonds. The van der Waals surface area contributed by atoms with Crippen molar-refractivity contribution in [3.63, 3.8) is 0 Å². The predicted molar refractivity (Wildman–Crippen MR) is 72.4 cm³/mol. The van der Waals surface area contributed by atoms with Gasteiger partial charge in [0.2, 0.25) is 0 Å². The van der Waals surface area contributed by atoms with Crippen LogP contribution in [0.5, 0.6) is 0 Å². The largest absolute Gasteiger partial charge is 0.398 e. The molecule has 1 fully saturated rings. The van der Waals surface area contributed by atoms with Crippen LogP contribution in [0.3, 0.4) is 0 Å². The summed E-state index contributed by atoms with van der Waals surface area (Å²) in [6.45, 7) is 6.23. The van der Waals surface area contributed by atoms with Gasteiger partial charge >= 0.3 is 0 Å². The predicted octanol–water partition coefficient (Wildman–Crippen LogP) is 3.04. The highest BCUT2D eigenvalue weighted by Gasteiger charge is 2.30. The third-order valence-corrected chi connectivity index (χ3v) is 4.65. The van der Waals surface area contributed by atoms with Gasteiger partial charge in [-0.2, -0.15) is 0 Å². The summed E-state index contributed by atoms with van der Waals surface area (Å²) in [6.07, 6.45) is 3.43. The van der Waals surface area contributed by atoms with Gasteiger partial charge in [0.05, 0.1) is 4.88 Å². The molecule has 2 N–H and O–H groups in total. The molecular formula is C13H20N2OS. The molecule has 2 atom stereocenters. The van der Waals surface area contributed by atoms with Crippen LogP contribution in [0.1, 0.15) is 47.7 Å². The number of rotatable bonds is 1. The van der Waals surface area contributed by atoms with Gasteiger partial charge in [-0.25, -0.2) is 0 Å². The summed E-state index contributed by atoms with van der Waals surface area (Å²) in [4.78, 5) is 16.3. The lowest BCUT2D eigenvalue weighted by Gasteiger charge is -2.38. The van der Waals surface area contributed by atoms with Gasteiger partial charge in [0.1, 0.15) is 0 Å².